The van der Waals surface area contributed by atoms with E-state index in [2.05, 4.69) is 9.80 Å². The Balaban J connectivity index is 1.80. The number of halogens is 2. The molecule has 2 aliphatic heterocycles. The third kappa shape index (κ3) is 2.72. The summed E-state index contributed by atoms with van der Waals surface area (Å²) in [5.74, 6) is 0.234. The van der Waals surface area contributed by atoms with Gasteiger partial charge in [-0.05, 0) is 43.5 Å². The molecule has 1 unspecified atom stereocenters. The summed E-state index contributed by atoms with van der Waals surface area (Å²) < 4.78 is 14.2. The van der Waals surface area contributed by atoms with Crippen LogP contribution in [0.4, 0.5) is 10.1 Å². The molecule has 0 spiro atoms. The highest BCUT2D eigenvalue weighted by molar-refractivity contribution is 6.17. The van der Waals surface area contributed by atoms with Gasteiger partial charge in [0.25, 0.3) is 0 Å². The average molecular weight is 283 g/mol. The first kappa shape index (κ1) is 13.2. The molecule has 104 valence electrons. The highest BCUT2D eigenvalue weighted by Crippen LogP contribution is 2.27. The summed E-state index contributed by atoms with van der Waals surface area (Å²) in [4.78, 5) is 4.77. The van der Waals surface area contributed by atoms with E-state index in [0.717, 1.165) is 37.3 Å². The summed E-state index contributed by atoms with van der Waals surface area (Å²) >= 11 is 5.75. The Morgan fingerprint density at radius 1 is 1.21 bits per heavy atom. The summed E-state index contributed by atoms with van der Waals surface area (Å²) in [7, 11) is 0. The fraction of sp³-hybridized carbons (Fsp3) is 0.600. The second-order valence-electron chi connectivity index (χ2n) is 5.55. The van der Waals surface area contributed by atoms with Crippen LogP contribution in [-0.4, -0.2) is 37.1 Å². The van der Waals surface area contributed by atoms with Gasteiger partial charge in [0, 0.05) is 31.6 Å². The molecule has 2 fully saturated rings. The second-order valence-corrected chi connectivity index (χ2v) is 5.82. The molecule has 0 aromatic heterocycles. The number of nitrogens with zero attached hydrogens (tertiary/aromatic N) is 2. The van der Waals surface area contributed by atoms with Crippen LogP contribution in [0, 0.1) is 5.82 Å². The van der Waals surface area contributed by atoms with Crippen LogP contribution < -0.4 is 4.90 Å². The number of hydrogen-bond donors (Lipinski definition) is 0. The molecule has 2 heterocycles. The van der Waals surface area contributed by atoms with Crippen molar-refractivity contribution in [1.29, 1.82) is 0 Å². The smallest absolute Gasteiger partial charge is 0.146 e. The number of alkyl halides is 1. The molecule has 4 heteroatoms. The lowest BCUT2D eigenvalue weighted by Gasteiger charge is -2.27. The molecule has 1 atom stereocenters. The molecule has 1 aromatic carbocycles. The minimum atomic E-state index is -0.135. The number of anilines is 1. The highest BCUT2D eigenvalue weighted by atomic mass is 35.5. The van der Waals surface area contributed by atoms with Crippen LogP contribution in [0.3, 0.4) is 0 Å². The van der Waals surface area contributed by atoms with Crippen molar-refractivity contribution in [1.82, 2.24) is 4.90 Å². The summed E-state index contributed by atoms with van der Waals surface area (Å²) in [5, 5.41) is 0. The van der Waals surface area contributed by atoms with E-state index < -0.39 is 0 Å². The molecule has 2 nitrogen and oxygen atoms in total. The molecule has 0 radical (unpaired) electrons. The largest absolute Gasteiger partial charge is 0.368 e. The van der Waals surface area contributed by atoms with Crippen LogP contribution in [0.5, 0.6) is 0 Å². The van der Waals surface area contributed by atoms with E-state index in [4.69, 9.17) is 11.6 Å². The lowest BCUT2D eigenvalue weighted by Crippen LogP contribution is -2.36. The Kier molecular flexibility index (Phi) is 3.94. The van der Waals surface area contributed by atoms with E-state index in [-0.39, 0.29) is 5.82 Å². The summed E-state index contributed by atoms with van der Waals surface area (Å²) in [6.45, 7) is 4.27. The van der Waals surface area contributed by atoms with Gasteiger partial charge >= 0.3 is 0 Å². The predicted molar refractivity (Wildman–Crippen MR) is 77.4 cm³/mol. The summed E-state index contributed by atoms with van der Waals surface area (Å²) in [6.07, 6.45) is 3.65. The van der Waals surface area contributed by atoms with Crippen molar-refractivity contribution >= 4 is 17.3 Å². The van der Waals surface area contributed by atoms with Crippen molar-refractivity contribution in [3.63, 3.8) is 0 Å². The van der Waals surface area contributed by atoms with Crippen molar-refractivity contribution in [3.8, 4) is 0 Å². The zero-order chi connectivity index (χ0) is 13.2. The Hall–Kier alpha value is -0.800. The van der Waals surface area contributed by atoms with Gasteiger partial charge in [-0.2, -0.15) is 0 Å². The monoisotopic (exact) mass is 282 g/mol. The van der Waals surface area contributed by atoms with Crippen molar-refractivity contribution in [3.05, 3.63) is 29.6 Å². The zero-order valence-corrected chi connectivity index (χ0v) is 11.9. The number of hydrogen-bond acceptors (Lipinski definition) is 2. The van der Waals surface area contributed by atoms with Crippen molar-refractivity contribution < 1.29 is 4.39 Å². The first-order chi connectivity index (χ1) is 9.28. The topological polar surface area (TPSA) is 6.48 Å². The maximum atomic E-state index is 14.2. The molecule has 19 heavy (non-hydrogen) atoms. The second kappa shape index (κ2) is 5.68. The van der Waals surface area contributed by atoms with E-state index in [0.29, 0.717) is 11.9 Å². The number of rotatable bonds is 2. The molecule has 3 rings (SSSR count). The third-order valence-electron chi connectivity index (χ3n) is 4.31. The predicted octanol–water partition coefficient (Wildman–Crippen LogP) is 3.24. The summed E-state index contributed by atoms with van der Waals surface area (Å²) in [5.41, 5.74) is 1.59. The molecule has 1 aromatic rings. The van der Waals surface area contributed by atoms with Gasteiger partial charge in [0.15, 0.2) is 0 Å². The Bertz CT molecular complexity index is 452. The molecule has 2 aliphatic rings. The molecule has 0 aliphatic carbocycles. The zero-order valence-electron chi connectivity index (χ0n) is 11.1. The third-order valence-corrected chi connectivity index (χ3v) is 4.62. The van der Waals surface area contributed by atoms with Gasteiger partial charge in [-0.15, -0.1) is 11.6 Å². The van der Waals surface area contributed by atoms with Crippen LogP contribution in [0.2, 0.25) is 0 Å². The van der Waals surface area contributed by atoms with Crippen LogP contribution in [0.25, 0.3) is 0 Å². The minimum Gasteiger partial charge on any atom is -0.368 e. The van der Waals surface area contributed by atoms with Gasteiger partial charge < -0.3 is 4.90 Å². The first-order valence-corrected chi connectivity index (χ1v) is 7.65. The lowest BCUT2D eigenvalue weighted by atomic mass is 10.1. The SMILES string of the molecule is Fc1cc(CCl)ccc1N1CCCN2CCCC2C1. The van der Waals surface area contributed by atoms with Crippen molar-refractivity contribution in [2.24, 2.45) is 0 Å². The van der Waals surface area contributed by atoms with Gasteiger partial charge in [-0.3, -0.25) is 4.90 Å². The van der Waals surface area contributed by atoms with Gasteiger partial charge in [-0.1, -0.05) is 6.07 Å². The number of benzene rings is 1. The van der Waals surface area contributed by atoms with Crippen molar-refractivity contribution in [2.45, 2.75) is 31.2 Å². The van der Waals surface area contributed by atoms with Gasteiger partial charge in [-0.25, -0.2) is 4.39 Å². The maximum absolute atomic E-state index is 14.2. The van der Waals surface area contributed by atoms with E-state index in [1.54, 1.807) is 6.07 Å². The van der Waals surface area contributed by atoms with Gasteiger partial charge in [0.1, 0.15) is 5.82 Å². The van der Waals surface area contributed by atoms with Crippen LogP contribution in [-0.2, 0) is 5.88 Å². The Morgan fingerprint density at radius 3 is 2.84 bits per heavy atom. The standard InChI is InChI=1S/C15H20ClFN2/c16-10-12-4-5-15(14(17)9-12)19-8-2-7-18-6-1-3-13(18)11-19/h4-5,9,13H,1-3,6-8,10-11H2. The molecule has 0 bridgehead atoms. The van der Waals surface area contributed by atoms with Crippen LogP contribution in [0.15, 0.2) is 18.2 Å². The van der Waals surface area contributed by atoms with Gasteiger partial charge in [0.05, 0.1) is 5.69 Å². The highest BCUT2D eigenvalue weighted by Gasteiger charge is 2.29. The Morgan fingerprint density at radius 2 is 2.05 bits per heavy atom. The quantitative estimate of drug-likeness (QED) is 0.769. The lowest BCUT2D eigenvalue weighted by molar-refractivity contribution is 0.273. The van der Waals surface area contributed by atoms with E-state index in [9.17, 15) is 4.39 Å². The normalized spacial score (nSPS) is 24.3. The van der Waals surface area contributed by atoms with E-state index >= 15 is 0 Å². The number of fused-ring (bicyclic) bond motifs is 1. The van der Waals surface area contributed by atoms with E-state index in [1.165, 1.54) is 19.4 Å². The van der Waals surface area contributed by atoms with Crippen LogP contribution in [0.1, 0.15) is 24.8 Å². The Labute approximate surface area is 119 Å². The summed E-state index contributed by atoms with van der Waals surface area (Å²) in [6, 6.07) is 6.00. The van der Waals surface area contributed by atoms with Crippen LogP contribution >= 0.6 is 11.6 Å². The fourth-order valence-electron chi connectivity index (χ4n) is 3.32. The average Bonchev–Trinajstić information content (AvgIpc) is 2.76. The van der Waals surface area contributed by atoms with Crippen molar-refractivity contribution in [2.75, 3.05) is 31.1 Å². The molecular formula is C15H20ClFN2. The minimum absolute atomic E-state index is 0.135. The molecular weight excluding hydrogens is 263 g/mol. The maximum Gasteiger partial charge on any atom is 0.146 e. The molecule has 0 amide bonds. The fourth-order valence-corrected chi connectivity index (χ4v) is 3.48. The molecule has 0 saturated carbocycles. The first-order valence-electron chi connectivity index (χ1n) is 7.11. The van der Waals surface area contributed by atoms with Gasteiger partial charge in [0.2, 0.25) is 0 Å². The molecule has 0 N–H and O–H groups in total. The van der Waals surface area contributed by atoms with E-state index in [1.807, 2.05) is 12.1 Å². The molecule has 2 saturated heterocycles.